The van der Waals surface area contributed by atoms with Crippen molar-refractivity contribution in [3.8, 4) is 0 Å². The predicted octanol–water partition coefficient (Wildman–Crippen LogP) is 4.59. The van der Waals surface area contributed by atoms with Crippen LogP contribution in [0, 0.1) is 0 Å². The molecule has 3 nitrogen and oxygen atoms in total. The van der Waals surface area contributed by atoms with Crippen molar-refractivity contribution in [1.82, 2.24) is 4.57 Å². The molecule has 19 heavy (non-hydrogen) atoms. The van der Waals surface area contributed by atoms with Crippen molar-refractivity contribution in [3.63, 3.8) is 0 Å². The Labute approximate surface area is 121 Å². The number of halogens is 2. The molecule has 0 unspecified atom stereocenters. The van der Waals surface area contributed by atoms with Crippen LogP contribution >= 0.6 is 23.2 Å². The molecule has 102 valence electrons. The van der Waals surface area contributed by atoms with Gasteiger partial charge in [0, 0.05) is 29.6 Å². The topological polar surface area (TPSA) is 42.2 Å². The number of nitrogens with zero attached hydrogens (tertiary/aromatic N) is 1. The van der Waals surface area contributed by atoms with Crippen LogP contribution in [0.5, 0.6) is 0 Å². The van der Waals surface area contributed by atoms with Crippen molar-refractivity contribution in [1.29, 1.82) is 0 Å². The first-order chi connectivity index (χ1) is 9.08. The smallest absolute Gasteiger partial charge is 0.303 e. The van der Waals surface area contributed by atoms with Gasteiger partial charge in [-0.25, -0.2) is 0 Å². The van der Waals surface area contributed by atoms with Crippen LogP contribution in [0.1, 0.15) is 25.7 Å². The summed E-state index contributed by atoms with van der Waals surface area (Å²) in [6.07, 6.45) is 4.80. The summed E-state index contributed by atoms with van der Waals surface area (Å²) < 4.78 is 2.11. The Kier molecular flexibility index (Phi) is 4.72. The number of rotatable bonds is 6. The summed E-state index contributed by atoms with van der Waals surface area (Å²) in [4.78, 5) is 10.4. The fourth-order valence-corrected chi connectivity index (χ4v) is 2.69. The molecule has 1 aromatic heterocycles. The molecule has 0 saturated carbocycles. The largest absolute Gasteiger partial charge is 0.481 e. The van der Waals surface area contributed by atoms with Crippen LogP contribution in [0.4, 0.5) is 0 Å². The Morgan fingerprint density at radius 1 is 1.21 bits per heavy atom. The molecule has 5 heteroatoms. The maximum absolute atomic E-state index is 10.4. The van der Waals surface area contributed by atoms with E-state index in [0.717, 1.165) is 36.7 Å². The van der Waals surface area contributed by atoms with Gasteiger partial charge in [0.05, 0.1) is 10.5 Å². The molecular weight excluding hydrogens is 285 g/mol. The highest BCUT2D eigenvalue weighted by Gasteiger charge is 2.06. The summed E-state index contributed by atoms with van der Waals surface area (Å²) in [7, 11) is 0. The molecule has 0 aliphatic rings. The van der Waals surface area contributed by atoms with E-state index < -0.39 is 5.97 Å². The lowest BCUT2D eigenvalue weighted by atomic mass is 10.2. The van der Waals surface area contributed by atoms with E-state index in [2.05, 4.69) is 4.57 Å². The summed E-state index contributed by atoms with van der Waals surface area (Å²) in [6, 6.07) is 5.62. The van der Waals surface area contributed by atoms with Crippen LogP contribution < -0.4 is 0 Å². The Balaban J connectivity index is 1.99. The summed E-state index contributed by atoms with van der Waals surface area (Å²) in [5.41, 5.74) is 1.02. The quantitative estimate of drug-likeness (QED) is 0.793. The van der Waals surface area contributed by atoms with Gasteiger partial charge in [-0.15, -0.1) is 0 Å². The number of aryl methyl sites for hydroxylation is 1. The van der Waals surface area contributed by atoms with Crippen molar-refractivity contribution < 1.29 is 9.90 Å². The maximum atomic E-state index is 10.4. The van der Waals surface area contributed by atoms with E-state index in [0.29, 0.717) is 10.0 Å². The summed E-state index contributed by atoms with van der Waals surface area (Å²) in [5.74, 6) is -0.732. The summed E-state index contributed by atoms with van der Waals surface area (Å²) in [6.45, 7) is 0.847. The highest BCUT2D eigenvalue weighted by atomic mass is 35.5. The van der Waals surface area contributed by atoms with Gasteiger partial charge in [-0.1, -0.05) is 29.6 Å². The standard InChI is InChI=1S/C14H15Cl2NO2/c15-10-8-12(16)11-5-7-17(13(11)9-10)6-3-1-2-4-14(18)19/h5,7-9H,1-4,6H2,(H,18,19). The molecule has 1 aromatic carbocycles. The van der Waals surface area contributed by atoms with Gasteiger partial charge in [0.2, 0.25) is 0 Å². The van der Waals surface area contributed by atoms with E-state index in [4.69, 9.17) is 28.3 Å². The molecular formula is C14H15Cl2NO2. The Morgan fingerprint density at radius 3 is 2.74 bits per heavy atom. The molecule has 0 bridgehead atoms. The molecule has 0 atom stereocenters. The number of hydrogen-bond acceptors (Lipinski definition) is 1. The number of carboxylic acids is 1. The van der Waals surface area contributed by atoms with Gasteiger partial charge in [-0.3, -0.25) is 4.79 Å². The molecule has 2 rings (SSSR count). The van der Waals surface area contributed by atoms with Crippen LogP contribution in [-0.2, 0) is 11.3 Å². The lowest BCUT2D eigenvalue weighted by Gasteiger charge is -2.06. The van der Waals surface area contributed by atoms with Gasteiger partial charge < -0.3 is 9.67 Å². The minimum absolute atomic E-state index is 0.240. The number of carboxylic acid groups (broad SMARTS) is 1. The zero-order valence-corrected chi connectivity index (χ0v) is 11.9. The van der Waals surface area contributed by atoms with Crippen molar-refractivity contribution in [2.24, 2.45) is 0 Å². The van der Waals surface area contributed by atoms with Crippen LogP contribution in [-0.4, -0.2) is 15.6 Å². The third-order valence-electron chi connectivity index (χ3n) is 3.09. The molecule has 0 radical (unpaired) electrons. The normalized spacial score (nSPS) is 11.1. The van der Waals surface area contributed by atoms with Crippen molar-refractivity contribution >= 4 is 40.1 Å². The number of hydrogen-bond donors (Lipinski definition) is 1. The highest BCUT2D eigenvalue weighted by molar-refractivity contribution is 6.38. The Hall–Kier alpha value is -1.19. The van der Waals surface area contributed by atoms with Gasteiger partial charge in [0.25, 0.3) is 0 Å². The zero-order valence-electron chi connectivity index (χ0n) is 10.4. The second-order valence-electron chi connectivity index (χ2n) is 4.53. The molecule has 0 amide bonds. The molecule has 2 aromatic rings. The van der Waals surface area contributed by atoms with E-state index in [1.165, 1.54) is 0 Å². The number of aliphatic carboxylic acids is 1. The first-order valence-corrected chi connectivity index (χ1v) is 6.99. The molecule has 0 saturated heterocycles. The second kappa shape index (κ2) is 6.31. The average molecular weight is 300 g/mol. The lowest BCUT2D eigenvalue weighted by Crippen LogP contribution is -1.98. The van der Waals surface area contributed by atoms with Crippen molar-refractivity contribution in [2.45, 2.75) is 32.2 Å². The molecule has 0 aliphatic carbocycles. The van der Waals surface area contributed by atoms with E-state index in [-0.39, 0.29) is 6.42 Å². The van der Waals surface area contributed by atoms with Crippen LogP contribution in [0.15, 0.2) is 24.4 Å². The van der Waals surface area contributed by atoms with E-state index >= 15 is 0 Å². The number of carbonyl (C=O) groups is 1. The summed E-state index contributed by atoms with van der Waals surface area (Å²) >= 11 is 12.1. The van der Waals surface area contributed by atoms with Crippen LogP contribution in [0.2, 0.25) is 10.0 Å². The number of fused-ring (bicyclic) bond motifs is 1. The molecule has 0 fully saturated rings. The fourth-order valence-electron chi connectivity index (χ4n) is 2.15. The maximum Gasteiger partial charge on any atom is 0.303 e. The van der Waals surface area contributed by atoms with Crippen molar-refractivity contribution in [3.05, 3.63) is 34.4 Å². The van der Waals surface area contributed by atoms with Crippen molar-refractivity contribution in [2.75, 3.05) is 0 Å². The fraction of sp³-hybridized carbons (Fsp3) is 0.357. The predicted molar refractivity (Wildman–Crippen MR) is 78.1 cm³/mol. The minimum Gasteiger partial charge on any atom is -0.481 e. The highest BCUT2D eigenvalue weighted by Crippen LogP contribution is 2.28. The van der Waals surface area contributed by atoms with E-state index in [1.807, 2.05) is 18.3 Å². The van der Waals surface area contributed by atoms with Crippen LogP contribution in [0.3, 0.4) is 0 Å². The molecule has 1 N–H and O–H groups in total. The Bertz CT molecular complexity index is 592. The van der Waals surface area contributed by atoms with E-state index in [1.54, 1.807) is 6.07 Å². The number of benzene rings is 1. The first kappa shape index (κ1) is 14.2. The van der Waals surface area contributed by atoms with Gasteiger partial charge >= 0.3 is 5.97 Å². The zero-order chi connectivity index (χ0) is 13.8. The first-order valence-electron chi connectivity index (χ1n) is 6.23. The number of aromatic nitrogens is 1. The molecule has 0 aliphatic heterocycles. The van der Waals surface area contributed by atoms with Crippen LogP contribution in [0.25, 0.3) is 10.9 Å². The SMILES string of the molecule is O=C(O)CCCCCn1ccc2c(Cl)cc(Cl)cc21. The Morgan fingerprint density at radius 2 is 2.00 bits per heavy atom. The van der Waals surface area contributed by atoms with E-state index in [9.17, 15) is 4.79 Å². The molecule has 0 spiro atoms. The van der Waals surface area contributed by atoms with Gasteiger partial charge in [-0.2, -0.15) is 0 Å². The molecule has 1 heterocycles. The summed E-state index contributed by atoms with van der Waals surface area (Å²) in [5, 5.41) is 10.8. The monoisotopic (exact) mass is 299 g/mol. The minimum atomic E-state index is -0.732. The lowest BCUT2D eigenvalue weighted by molar-refractivity contribution is -0.137. The average Bonchev–Trinajstić information content (AvgIpc) is 2.72. The number of unbranched alkanes of at least 4 members (excludes halogenated alkanes) is 2. The third-order valence-corrected chi connectivity index (χ3v) is 3.62. The van der Waals surface area contributed by atoms with Gasteiger partial charge in [0.1, 0.15) is 0 Å². The van der Waals surface area contributed by atoms with Gasteiger partial charge in [0.15, 0.2) is 0 Å². The third kappa shape index (κ3) is 3.64. The van der Waals surface area contributed by atoms with Gasteiger partial charge in [-0.05, 0) is 31.0 Å². The second-order valence-corrected chi connectivity index (χ2v) is 5.38.